The van der Waals surface area contributed by atoms with Crippen molar-refractivity contribution in [1.29, 1.82) is 0 Å². The fourth-order valence-electron chi connectivity index (χ4n) is 2.13. The van der Waals surface area contributed by atoms with E-state index < -0.39 is 0 Å². The Kier molecular flexibility index (Phi) is 5.08. The SMILES string of the molecule is CCC(=O)NCCNc1cc(-n2nc(C)cc2C)nc(C)n1. The van der Waals surface area contributed by atoms with Gasteiger partial charge in [-0.05, 0) is 26.8 Å². The van der Waals surface area contributed by atoms with Crippen LogP contribution in [0.25, 0.3) is 5.82 Å². The Morgan fingerprint density at radius 3 is 2.59 bits per heavy atom. The molecule has 0 bridgehead atoms. The van der Waals surface area contributed by atoms with Crippen LogP contribution in [0.5, 0.6) is 0 Å². The molecule has 0 aliphatic rings. The van der Waals surface area contributed by atoms with Gasteiger partial charge in [0.2, 0.25) is 5.91 Å². The van der Waals surface area contributed by atoms with E-state index >= 15 is 0 Å². The quantitative estimate of drug-likeness (QED) is 0.790. The summed E-state index contributed by atoms with van der Waals surface area (Å²) < 4.78 is 1.80. The van der Waals surface area contributed by atoms with Crippen LogP contribution in [0.15, 0.2) is 12.1 Å². The van der Waals surface area contributed by atoms with Crippen LogP contribution in [0.3, 0.4) is 0 Å². The summed E-state index contributed by atoms with van der Waals surface area (Å²) in [4.78, 5) is 20.0. The maximum Gasteiger partial charge on any atom is 0.219 e. The lowest BCUT2D eigenvalue weighted by molar-refractivity contribution is -0.120. The molecule has 7 nitrogen and oxygen atoms in total. The van der Waals surface area contributed by atoms with E-state index in [-0.39, 0.29) is 5.91 Å². The van der Waals surface area contributed by atoms with Gasteiger partial charge in [-0.2, -0.15) is 5.10 Å². The maximum absolute atomic E-state index is 11.2. The van der Waals surface area contributed by atoms with Crippen LogP contribution in [-0.4, -0.2) is 38.7 Å². The highest BCUT2D eigenvalue weighted by molar-refractivity contribution is 5.75. The second-order valence-corrected chi connectivity index (χ2v) is 5.13. The van der Waals surface area contributed by atoms with Gasteiger partial charge in [0.1, 0.15) is 11.6 Å². The van der Waals surface area contributed by atoms with E-state index in [0.717, 1.165) is 23.0 Å². The van der Waals surface area contributed by atoms with Crippen molar-refractivity contribution in [2.75, 3.05) is 18.4 Å². The Hall–Kier alpha value is -2.44. The summed E-state index contributed by atoms with van der Waals surface area (Å²) in [5, 5.41) is 10.4. The number of aryl methyl sites for hydroxylation is 3. The first-order valence-electron chi connectivity index (χ1n) is 7.39. The van der Waals surface area contributed by atoms with Crippen LogP contribution in [0.1, 0.15) is 30.6 Å². The topological polar surface area (TPSA) is 84.7 Å². The Bertz CT molecular complexity index is 664. The molecule has 0 aliphatic carbocycles. The van der Waals surface area contributed by atoms with E-state index in [1.807, 2.05) is 39.8 Å². The summed E-state index contributed by atoms with van der Waals surface area (Å²) in [6, 6.07) is 3.86. The van der Waals surface area contributed by atoms with Crippen molar-refractivity contribution in [3.05, 3.63) is 29.3 Å². The Labute approximate surface area is 130 Å². The zero-order valence-electron chi connectivity index (χ0n) is 13.5. The van der Waals surface area contributed by atoms with Crippen molar-refractivity contribution in [2.24, 2.45) is 0 Å². The van der Waals surface area contributed by atoms with Crippen molar-refractivity contribution in [3.63, 3.8) is 0 Å². The third-order valence-electron chi connectivity index (χ3n) is 3.13. The molecule has 2 aromatic rings. The Morgan fingerprint density at radius 1 is 1.18 bits per heavy atom. The molecule has 0 saturated heterocycles. The molecule has 0 aromatic carbocycles. The third-order valence-corrected chi connectivity index (χ3v) is 3.13. The summed E-state index contributed by atoms with van der Waals surface area (Å²) in [5.74, 6) is 2.17. The van der Waals surface area contributed by atoms with E-state index in [2.05, 4.69) is 25.7 Å². The molecule has 0 radical (unpaired) electrons. The summed E-state index contributed by atoms with van der Waals surface area (Å²) in [6.45, 7) is 8.79. The number of hydrogen-bond acceptors (Lipinski definition) is 5. The van der Waals surface area contributed by atoms with E-state index in [1.165, 1.54) is 0 Å². The van der Waals surface area contributed by atoms with E-state index in [4.69, 9.17) is 0 Å². The monoisotopic (exact) mass is 302 g/mol. The highest BCUT2D eigenvalue weighted by Gasteiger charge is 2.08. The molecule has 0 aliphatic heterocycles. The van der Waals surface area contributed by atoms with Crippen LogP contribution in [0.4, 0.5) is 5.82 Å². The molecule has 1 amide bonds. The second kappa shape index (κ2) is 7.02. The average molecular weight is 302 g/mol. The van der Waals surface area contributed by atoms with Crippen LogP contribution < -0.4 is 10.6 Å². The molecule has 2 aromatic heterocycles. The fourth-order valence-corrected chi connectivity index (χ4v) is 2.13. The molecule has 0 unspecified atom stereocenters. The number of anilines is 1. The van der Waals surface area contributed by atoms with Crippen LogP contribution in [0.2, 0.25) is 0 Å². The summed E-state index contributed by atoms with van der Waals surface area (Å²) in [5.41, 5.74) is 1.97. The molecule has 0 atom stereocenters. The van der Waals surface area contributed by atoms with Crippen LogP contribution in [0, 0.1) is 20.8 Å². The largest absolute Gasteiger partial charge is 0.368 e. The van der Waals surface area contributed by atoms with Gasteiger partial charge in [-0.1, -0.05) is 6.92 Å². The number of nitrogens with zero attached hydrogens (tertiary/aromatic N) is 4. The minimum absolute atomic E-state index is 0.0454. The number of amides is 1. The predicted octanol–water partition coefficient (Wildman–Crippen LogP) is 1.53. The van der Waals surface area contributed by atoms with Gasteiger partial charge in [-0.25, -0.2) is 14.6 Å². The van der Waals surface area contributed by atoms with Crippen LogP contribution >= 0.6 is 0 Å². The van der Waals surface area contributed by atoms with Crippen molar-refractivity contribution < 1.29 is 4.79 Å². The van der Waals surface area contributed by atoms with Crippen LogP contribution in [-0.2, 0) is 4.79 Å². The van der Waals surface area contributed by atoms with Gasteiger partial charge in [-0.3, -0.25) is 4.79 Å². The van der Waals surface area contributed by atoms with Gasteiger partial charge in [0.15, 0.2) is 5.82 Å². The molecule has 2 heterocycles. The third kappa shape index (κ3) is 4.03. The standard InChI is InChI=1S/C15H22N6O/c1-5-15(22)17-7-6-16-13-9-14(19-12(4)18-13)21-11(3)8-10(2)20-21/h8-9H,5-7H2,1-4H3,(H,17,22)(H,16,18,19). The lowest BCUT2D eigenvalue weighted by Crippen LogP contribution is -2.28. The minimum Gasteiger partial charge on any atom is -0.368 e. The smallest absolute Gasteiger partial charge is 0.219 e. The molecule has 2 rings (SSSR count). The van der Waals surface area contributed by atoms with Crippen molar-refractivity contribution in [3.8, 4) is 5.82 Å². The van der Waals surface area contributed by atoms with Gasteiger partial charge in [-0.15, -0.1) is 0 Å². The van der Waals surface area contributed by atoms with Crippen molar-refractivity contribution in [2.45, 2.75) is 34.1 Å². The molecule has 0 spiro atoms. The van der Waals surface area contributed by atoms with E-state index in [1.54, 1.807) is 4.68 Å². The normalized spacial score (nSPS) is 10.5. The molecule has 22 heavy (non-hydrogen) atoms. The van der Waals surface area contributed by atoms with Gasteiger partial charge in [0.05, 0.1) is 5.69 Å². The Balaban J connectivity index is 2.07. The second-order valence-electron chi connectivity index (χ2n) is 5.13. The van der Waals surface area contributed by atoms with Gasteiger partial charge >= 0.3 is 0 Å². The summed E-state index contributed by atoms with van der Waals surface area (Å²) in [7, 11) is 0. The zero-order valence-corrected chi connectivity index (χ0v) is 13.5. The minimum atomic E-state index is 0.0454. The lowest BCUT2D eigenvalue weighted by atomic mass is 10.4. The number of aromatic nitrogens is 4. The molecule has 118 valence electrons. The average Bonchev–Trinajstić information content (AvgIpc) is 2.81. The number of nitrogens with one attached hydrogen (secondary N) is 2. The number of hydrogen-bond donors (Lipinski definition) is 2. The maximum atomic E-state index is 11.2. The fraction of sp³-hybridized carbons (Fsp3) is 0.467. The summed E-state index contributed by atoms with van der Waals surface area (Å²) in [6.07, 6.45) is 0.495. The molecular weight excluding hydrogens is 280 g/mol. The summed E-state index contributed by atoms with van der Waals surface area (Å²) >= 11 is 0. The Morgan fingerprint density at radius 2 is 1.95 bits per heavy atom. The molecule has 0 saturated carbocycles. The molecule has 2 N–H and O–H groups in total. The molecule has 0 fully saturated rings. The first-order chi connectivity index (χ1) is 10.5. The van der Waals surface area contributed by atoms with E-state index in [9.17, 15) is 4.79 Å². The molecule has 7 heteroatoms. The van der Waals surface area contributed by atoms with Crippen molar-refractivity contribution in [1.82, 2.24) is 25.1 Å². The lowest BCUT2D eigenvalue weighted by Gasteiger charge is -2.10. The van der Waals surface area contributed by atoms with Crippen molar-refractivity contribution >= 4 is 11.7 Å². The number of carbonyl (C=O) groups is 1. The van der Waals surface area contributed by atoms with Gasteiger partial charge in [0, 0.05) is 31.3 Å². The number of rotatable bonds is 6. The number of carbonyl (C=O) groups excluding carboxylic acids is 1. The zero-order chi connectivity index (χ0) is 16.1. The predicted molar refractivity (Wildman–Crippen MR) is 85.2 cm³/mol. The van der Waals surface area contributed by atoms with E-state index in [0.29, 0.717) is 25.3 Å². The van der Waals surface area contributed by atoms with Gasteiger partial charge in [0.25, 0.3) is 0 Å². The van der Waals surface area contributed by atoms with Gasteiger partial charge < -0.3 is 10.6 Å². The highest BCUT2D eigenvalue weighted by Crippen LogP contribution is 2.13. The first-order valence-corrected chi connectivity index (χ1v) is 7.39. The first kappa shape index (κ1) is 15.9. The highest BCUT2D eigenvalue weighted by atomic mass is 16.1. The molecular formula is C15H22N6O.